The number of amides is 5. The van der Waals surface area contributed by atoms with Gasteiger partial charge in [0.1, 0.15) is 29.1 Å². The van der Waals surface area contributed by atoms with Crippen LogP contribution in [0.2, 0.25) is 0 Å². The van der Waals surface area contributed by atoms with Gasteiger partial charge < -0.3 is 26.0 Å². The first kappa shape index (κ1) is 33.8. The van der Waals surface area contributed by atoms with Crippen LogP contribution in [0, 0.1) is 11.6 Å². The molecule has 4 N–H and O–H groups in total. The Morgan fingerprint density at radius 3 is 2.02 bits per heavy atom. The van der Waals surface area contributed by atoms with E-state index >= 15 is 0 Å². The lowest BCUT2D eigenvalue weighted by Crippen LogP contribution is -2.66. The van der Waals surface area contributed by atoms with E-state index in [1.54, 1.807) is 0 Å². The number of carbonyl (C=O) groups is 4. The molecule has 0 radical (unpaired) electrons. The first-order valence-corrected chi connectivity index (χ1v) is 13.6. The lowest BCUT2D eigenvalue weighted by atomic mass is 9.99. The Morgan fingerprint density at radius 1 is 0.875 bits per heavy atom. The molecule has 2 unspecified atom stereocenters. The minimum atomic E-state index is -5.02. The molecule has 20 heteroatoms. The van der Waals surface area contributed by atoms with Crippen molar-refractivity contribution in [3.63, 3.8) is 0 Å². The van der Waals surface area contributed by atoms with Gasteiger partial charge >= 0.3 is 30.4 Å². The number of aliphatic carboxylic acids is 1. The van der Waals surface area contributed by atoms with Crippen LogP contribution in [0.3, 0.4) is 0 Å². The van der Waals surface area contributed by atoms with Gasteiger partial charge in [-0.2, -0.15) is 26.3 Å². The molecule has 5 amide bonds. The molecule has 2 aliphatic heterocycles. The lowest BCUT2D eigenvalue weighted by molar-refractivity contribution is -0.148. The van der Waals surface area contributed by atoms with Gasteiger partial charge in [0.15, 0.2) is 6.04 Å². The van der Waals surface area contributed by atoms with Gasteiger partial charge in [-0.25, -0.2) is 33.1 Å². The van der Waals surface area contributed by atoms with Crippen LogP contribution in [-0.4, -0.2) is 60.9 Å². The summed E-state index contributed by atoms with van der Waals surface area (Å²) in [5, 5.41) is 12.4. The quantitative estimate of drug-likeness (QED) is 0.305. The fraction of sp³-hybridized carbons (Fsp3) is 0.286. The smallest absolute Gasteiger partial charge is 0.433 e. The van der Waals surface area contributed by atoms with Crippen molar-refractivity contribution in [1.82, 2.24) is 19.8 Å². The topological polar surface area (TPSA) is 162 Å². The highest BCUT2D eigenvalue weighted by molar-refractivity contribution is 6.01. The molecule has 3 aromatic rings. The SMILES string of the molecule is C[C@@H](c1ccc(F)cc1F)N1C(=O)N(C(C(N)=O)C(C(=O)O)N2Cc3nc(C(F)(F)F)ccc3NC2=O)Cc2nc(C(F)(F)F)ccc21. The maximum absolute atomic E-state index is 14.9. The zero-order chi connectivity index (χ0) is 35.5. The molecule has 5 rings (SSSR count). The van der Waals surface area contributed by atoms with Gasteiger partial charge in [0.25, 0.3) is 0 Å². The first-order chi connectivity index (χ1) is 22.3. The predicted molar refractivity (Wildman–Crippen MR) is 146 cm³/mol. The van der Waals surface area contributed by atoms with Crippen molar-refractivity contribution in [3.8, 4) is 0 Å². The van der Waals surface area contributed by atoms with Crippen LogP contribution in [0.1, 0.15) is 41.3 Å². The Kier molecular flexibility index (Phi) is 8.38. The third-order valence-electron chi connectivity index (χ3n) is 7.67. The number of carboxylic acids is 1. The zero-order valence-electron chi connectivity index (χ0n) is 24.1. The molecule has 1 aromatic carbocycles. The number of fused-ring (bicyclic) bond motifs is 2. The van der Waals surface area contributed by atoms with E-state index in [9.17, 15) is 59.4 Å². The molecule has 0 aliphatic carbocycles. The summed E-state index contributed by atoms with van der Waals surface area (Å²) >= 11 is 0. The van der Waals surface area contributed by atoms with Gasteiger partial charge in [0.05, 0.1) is 41.9 Å². The number of hydrogen-bond acceptors (Lipinski definition) is 6. The summed E-state index contributed by atoms with van der Waals surface area (Å²) in [5.74, 6) is -5.76. The third kappa shape index (κ3) is 6.11. The van der Waals surface area contributed by atoms with E-state index in [0.29, 0.717) is 32.9 Å². The Morgan fingerprint density at radius 2 is 1.46 bits per heavy atom. The molecule has 0 bridgehead atoms. The molecular weight excluding hydrogens is 666 g/mol. The van der Waals surface area contributed by atoms with Gasteiger partial charge in [-0.15, -0.1) is 0 Å². The molecule has 254 valence electrons. The number of nitrogens with two attached hydrogens (primary N) is 1. The van der Waals surface area contributed by atoms with E-state index in [1.165, 1.54) is 6.92 Å². The summed E-state index contributed by atoms with van der Waals surface area (Å²) in [7, 11) is 0. The normalized spacial score (nSPS) is 16.9. The maximum Gasteiger partial charge on any atom is 0.433 e. The molecule has 2 aliphatic rings. The predicted octanol–water partition coefficient (Wildman–Crippen LogP) is 4.65. The van der Waals surface area contributed by atoms with Gasteiger partial charge in [0.2, 0.25) is 5.91 Å². The molecule has 0 spiro atoms. The molecular formula is C28H21F8N7O5. The molecule has 12 nitrogen and oxygen atoms in total. The van der Waals surface area contributed by atoms with Crippen molar-refractivity contribution >= 4 is 35.3 Å². The second kappa shape index (κ2) is 11.9. The Balaban J connectivity index is 1.63. The lowest BCUT2D eigenvalue weighted by Gasteiger charge is -2.45. The summed E-state index contributed by atoms with van der Waals surface area (Å²) in [5.41, 5.74) is 0.769. The summed E-state index contributed by atoms with van der Waals surface area (Å²) < 4.78 is 110. The average molecular weight is 688 g/mol. The molecule has 4 heterocycles. The number of nitrogens with one attached hydrogen (secondary N) is 1. The van der Waals surface area contributed by atoms with Crippen LogP contribution in [-0.2, 0) is 35.0 Å². The molecule has 0 fully saturated rings. The van der Waals surface area contributed by atoms with Crippen molar-refractivity contribution in [3.05, 3.63) is 82.4 Å². The third-order valence-corrected chi connectivity index (χ3v) is 7.67. The summed E-state index contributed by atoms with van der Waals surface area (Å²) in [4.78, 5) is 61.3. The van der Waals surface area contributed by atoms with Crippen molar-refractivity contribution in [2.75, 3.05) is 10.2 Å². The number of halogens is 8. The van der Waals surface area contributed by atoms with Crippen LogP contribution in [0.25, 0.3) is 0 Å². The van der Waals surface area contributed by atoms with Crippen molar-refractivity contribution in [2.24, 2.45) is 5.73 Å². The van der Waals surface area contributed by atoms with Crippen molar-refractivity contribution < 1.29 is 59.4 Å². The number of carbonyl (C=O) groups excluding carboxylic acids is 3. The molecule has 2 aromatic heterocycles. The number of primary amides is 1. The minimum Gasteiger partial charge on any atom is -0.480 e. The number of anilines is 2. The first-order valence-electron chi connectivity index (χ1n) is 13.6. The average Bonchev–Trinajstić information content (AvgIpc) is 2.97. The Labute approximate surface area is 263 Å². The highest BCUT2D eigenvalue weighted by Gasteiger charge is 2.50. The van der Waals surface area contributed by atoms with E-state index in [2.05, 4.69) is 15.3 Å². The van der Waals surface area contributed by atoms with E-state index < -0.39 is 102 Å². The van der Waals surface area contributed by atoms with E-state index in [4.69, 9.17) is 5.73 Å². The number of pyridine rings is 2. The number of alkyl halides is 6. The molecule has 48 heavy (non-hydrogen) atoms. The minimum absolute atomic E-state index is 0.225. The largest absolute Gasteiger partial charge is 0.480 e. The summed E-state index contributed by atoms with van der Waals surface area (Å²) in [6.45, 7) is -0.735. The number of aromatic nitrogens is 2. The zero-order valence-corrected chi connectivity index (χ0v) is 24.1. The number of carboxylic acid groups (broad SMARTS) is 1. The van der Waals surface area contributed by atoms with Crippen LogP contribution in [0.5, 0.6) is 0 Å². The van der Waals surface area contributed by atoms with Gasteiger partial charge in [0, 0.05) is 11.6 Å². The maximum atomic E-state index is 14.9. The second-order valence-corrected chi connectivity index (χ2v) is 10.7. The van der Waals surface area contributed by atoms with E-state index in [0.717, 1.165) is 24.3 Å². The van der Waals surface area contributed by atoms with E-state index in [-0.39, 0.29) is 16.9 Å². The second-order valence-electron chi connectivity index (χ2n) is 10.7. The fourth-order valence-electron chi connectivity index (χ4n) is 5.49. The number of rotatable bonds is 7. The van der Waals surface area contributed by atoms with Crippen LogP contribution < -0.4 is 16.0 Å². The monoisotopic (exact) mass is 687 g/mol. The standard InChI is InChI=1S/C28H21F8N7O5/c1-11(13-3-2-12(29)8-14(13)30)43-18-5-7-20(28(34,35)36)39-17(18)10-42(26(43)48)21(23(37)44)22(24(45)46)41-9-16-15(40-25(41)47)4-6-19(38-16)27(31,32)33/h2-8,11,21-22H,9-10H2,1H3,(H2,37,44)(H,40,47)(H,45,46)/t11-,21?,22?/m0/s1. The number of hydrogen-bond donors (Lipinski definition) is 3. The molecule has 0 saturated carbocycles. The molecule has 3 atom stereocenters. The van der Waals surface area contributed by atoms with Crippen LogP contribution >= 0.6 is 0 Å². The molecule has 0 saturated heterocycles. The van der Waals surface area contributed by atoms with Gasteiger partial charge in [-0.05, 0) is 37.3 Å². The van der Waals surface area contributed by atoms with Gasteiger partial charge in [-0.1, -0.05) is 6.07 Å². The highest BCUT2D eigenvalue weighted by Crippen LogP contribution is 2.40. The fourth-order valence-corrected chi connectivity index (χ4v) is 5.49. The number of nitrogens with zero attached hydrogens (tertiary/aromatic N) is 5. The van der Waals surface area contributed by atoms with Gasteiger partial charge in [-0.3, -0.25) is 9.69 Å². The number of benzene rings is 1. The van der Waals surface area contributed by atoms with Crippen LogP contribution in [0.4, 0.5) is 56.1 Å². The summed E-state index contributed by atoms with van der Waals surface area (Å²) in [6.07, 6.45) is -9.96. The Bertz CT molecular complexity index is 1840. The van der Waals surface area contributed by atoms with Crippen molar-refractivity contribution in [2.45, 2.75) is 50.5 Å². The van der Waals surface area contributed by atoms with Crippen LogP contribution in [0.15, 0.2) is 42.5 Å². The van der Waals surface area contributed by atoms with E-state index in [1.807, 2.05) is 0 Å². The van der Waals surface area contributed by atoms with Crippen molar-refractivity contribution in [1.29, 1.82) is 0 Å². The Hall–Kier alpha value is -5.56. The highest BCUT2D eigenvalue weighted by atomic mass is 19.4. The number of urea groups is 2. The summed E-state index contributed by atoms with van der Waals surface area (Å²) in [6, 6.07) is -3.84.